The van der Waals surface area contributed by atoms with Gasteiger partial charge in [-0.2, -0.15) is 0 Å². The second-order valence-electron chi connectivity index (χ2n) is 7.24. The number of thioether (sulfide) groups is 1. The predicted molar refractivity (Wildman–Crippen MR) is 125 cm³/mol. The predicted octanol–water partition coefficient (Wildman–Crippen LogP) is 4.12. The summed E-state index contributed by atoms with van der Waals surface area (Å²) in [7, 11) is 0. The van der Waals surface area contributed by atoms with Crippen LogP contribution >= 0.6 is 23.1 Å². The quantitative estimate of drug-likeness (QED) is 0.484. The van der Waals surface area contributed by atoms with Gasteiger partial charge in [-0.1, -0.05) is 12.1 Å². The Hall–Kier alpha value is -2.32. The van der Waals surface area contributed by atoms with E-state index >= 15 is 0 Å². The van der Waals surface area contributed by atoms with Gasteiger partial charge >= 0.3 is 0 Å². The van der Waals surface area contributed by atoms with Gasteiger partial charge in [-0.25, -0.2) is 4.98 Å². The first kappa shape index (κ1) is 22.4. The van der Waals surface area contributed by atoms with Crippen LogP contribution in [0, 0.1) is 20.8 Å². The van der Waals surface area contributed by atoms with E-state index in [4.69, 9.17) is 4.74 Å². The lowest BCUT2D eigenvalue weighted by Gasteiger charge is -2.12. The SMILES string of the molecule is Cc1cccc(OCCCNC(=O)C(C)SCc2nc3sc(C)c(C)c3c(=O)[nH]2)c1. The van der Waals surface area contributed by atoms with Crippen molar-refractivity contribution in [2.24, 2.45) is 0 Å². The highest BCUT2D eigenvalue weighted by molar-refractivity contribution is 7.99. The Labute approximate surface area is 184 Å². The third kappa shape index (κ3) is 5.64. The van der Waals surface area contributed by atoms with Crippen molar-refractivity contribution in [3.05, 3.63) is 56.4 Å². The molecule has 1 unspecified atom stereocenters. The van der Waals surface area contributed by atoms with Gasteiger partial charge in [0, 0.05) is 11.4 Å². The third-order valence-corrected chi connectivity index (χ3v) is 7.06. The number of aryl methyl sites for hydroxylation is 3. The largest absolute Gasteiger partial charge is 0.494 e. The first-order chi connectivity index (χ1) is 14.3. The molecule has 2 heterocycles. The molecule has 30 heavy (non-hydrogen) atoms. The van der Waals surface area contributed by atoms with Crippen LogP contribution in [0.15, 0.2) is 29.1 Å². The number of carbonyl (C=O) groups is 1. The minimum atomic E-state index is -0.240. The number of carbonyl (C=O) groups excluding carboxylic acids is 1. The molecule has 160 valence electrons. The van der Waals surface area contributed by atoms with E-state index in [9.17, 15) is 9.59 Å². The van der Waals surface area contributed by atoms with Crippen LogP contribution in [0.5, 0.6) is 5.75 Å². The number of hydrogen-bond acceptors (Lipinski definition) is 6. The van der Waals surface area contributed by atoms with Crippen molar-refractivity contribution < 1.29 is 9.53 Å². The number of nitrogens with zero attached hydrogens (tertiary/aromatic N) is 1. The van der Waals surface area contributed by atoms with E-state index in [1.165, 1.54) is 23.1 Å². The molecule has 1 atom stereocenters. The Bertz CT molecular complexity index is 1090. The Morgan fingerprint density at radius 2 is 2.13 bits per heavy atom. The van der Waals surface area contributed by atoms with E-state index in [0.717, 1.165) is 33.0 Å². The lowest BCUT2D eigenvalue weighted by Crippen LogP contribution is -2.32. The van der Waals surface area contributed by atoms with Crippen LogP contribution in [0.4, 0.5) is 0 Å². The molecule has 0 spiro atoms. The number of ether oxygens (including phenoxy) is 1. The summed E-state index contributed by atoms with van der Waals surface area (Å²) >= 11 is 2.99. The maximum atomic E-state index is 12.3. The molecular weight excluding hydrogens is 418 g/mol. The van der Waals surface area contributed by atoms with Crippen LogP contribution in [-0.4, -0.2) is 34.3 Å². The zero-order chi connectivity index (χ0) is 21.7. The van der Waals surface area contributed by atoms with E-state index < -0.39 is 0 Å². The Kier molecular flexibility index (Phi) is 7.55. The Balaban J connectivity index is 1.42. The lowest BCUT2D eigenvalue weighted by atomic mass is 10.2. The van der Waals surface area contributed by atoms with E-state index in [-0.39, 0.29) is 16.7 Å². The number of hydrogen-bond donors (Lipinski definition) is 2. The molecule has 1 aromatic carbocycles. The molecule has 0 aliphatic heterocycles. The van der Waals surface area contributed by atoms with Gasteiger partial charge < -0.3 is 15.0 Å². The Morgan fingerprint density at radius 3 is 2.90 bits per heavy atom. The number of thiophene rings is 1. The summed E-state index contributed by atoms with van der Waals surface area (Å²) in [5.41, 5.74) is 2.04. The van der Waals surface area contributed by atoms with Gasteiger partial charge in [0.15, 0.2) is 0 Å². The molecule has 0 saturated heterocycles. The molecule has 1 amide bonds. The van der Waals surface area contributed by atoms with Crippen LogP contribution in [0.2, 0.25) is 0 Å². The van der Waals surface area contributed by atoms with Crippen molar-refractivity contribution in [2.45, 2.75) is 45.1 Å². The van der Waals surface area contributed by atoms with Crippen molar-refractivity contribution in [2.75, 3.05) is 13.2 Å². The summed E-state index contributed by atoms with van der Waals surface area (Å²) in [6.45, 7) is 8.93. The second-order valence-corrected chi connectivity index (χ2v) is 9.77. The van der Waals surface area contributed by atoms with E-state index in [1.54, 1.807) is 0 Å². The van der Waals surface area contributed by atoms with E-state index in [1.807, 2.05) is 52.0 Å². The summed E-state index contributed by atoms with van der Waals surface area (Å²) < 4.78 is 5.69. The standard InChI is InChI=1S/C22H27N3O3S2/c1-13-7-5-8-17(11-13)28-10-6-9-23-20(26)16(4)29-12-18-24-21(27)19-14(2)15(3)30-22(19)25-18/h5,7-8,11,16H,6,9-10,12H2,1-4H3,(H,23,26)(H,24,25,27). The topological polar surface area (TPSA) is 84.1 Å². The molecule has 8 heteroatoms. The highest BCUT2D eigenvalue weighted by atomic mass is 32.2. The summed E-state index contributed by atoms with van der Waals surface area (Å²) in [5.74, 6) is 1.90. The van der Waals surface area contributed by atoms with Gasteiger partial charge in [-0.15, -0.1) is 23.1 Å². The number of benzene rings is 1. The van der Waals surface area contributed by atoms with Crippen LogP contribution in [0.3, 0.4) is 0 Å². The van der Waals surface area contributed by atoms with Crippen LogP contribution in [0.1, 0.15) is 35.2 Å². The fourth-order valence-electron chi connectivity index (χ4n) is 2.97. The minimum absolute atomic E-state index is 0.0261. The lowest BCUT2D eigenvalue weighted by molar-refractivity contribution is -0.120. The smallest absolute Gasteiger partial charge is 0.259 e. The van der Waals surface area contributed by atoms with Gasteiger partial charge in [-0.05, 0) is 57.4 Å². The molecule has 0 bridgehead atoms. The maximum Gasteiger partial charge on any atom is 0.259 e. The number of nitrogens with one attached hydrogen (secondary N) is 2. The minimum Gasteiger partial charge on any atom is -0.494 e. The van der Waals surface area contributed by atoms with Crippen molar-refractivity contribution >= 4 is 39.2 Å². The number of amides is 1. The number of rotatable bonds is 9. The molecule has 6 nitrogen and oxygen atoms in total. The molecule has 0 fully saturated rings. The molecule has 0 radical (unpaired) electrons. The number of aromatic amines is 1. The van der Waals surface area contributed by atoms with E-state index in [2.05, 4.69) is 15.3 Å². The first-order valence-corrected chi connectivity index (χ1v) is 11.8. The van der Waals surface area contributed by atoms with Gasteiger partial charge in [0.2, 0.25) is 5.91 Å². The monoisotopic (exact) mass is 445 g/mol. The second kappa shape index (κ2) is 10.1. The fourth-order valence-corrected chi connectivity index (χ4v) is 4.80. The maximum absolute atomic E-state index is 12.3. The molecule has 3 aromatic rings. The van der Waals surface area contributed by atoms with Crippen LogP contribution in [-0.2, 0) is 10.5 Å². The van der Waals surface area contributed by atoms with Gasteiger partial charge in [-0.3, -0.25) is 9.59 Å². The van der Waals surface area contributed by atoms with Crippen LogP contribution in [0.25, 0.3) is 10.2 Å². The van der Waals surface area contributed by atoms with Crippen molar-refractivity contribution in [3.8, 4) is 5.75 Å². The number of aromatic nitrogens is 2. The van der Waals surface area contributed by atoms with Crippen LogP contribution < -0.4 is 15.6 Å². The summed E-state index contributed by atoms with van der Waals surface area (Å²) in [4.78, 5) is 33.9. The molecule has 2 aromatic heterocycles. The third-order valence-electron chi connectivity index (χ3n) is 4.81. The molecule has 0 saturated carbocycles. The number of fused-ring (bicyclic) bond motifs is 1. The van der Waals surface area contributed by atoms with Crippen molar-refractivity contribution in [1.29, 1.82) is 0 Å². The summed E-state index contributed by atoms with van der Waals surface area (Å²) in [6, 6.07) is 7.91. The van der Waals surface area contributed by atoms with Gasteiger partial charge in [0.05, 0.1) is 23.0 Å². The Morgan fingerprint density at radius 1 is 1.33 bits per heavy atom. The molecule has 3 rings (SSSR count). The highest BCUT2D eigenvalue weighted by Crippen LogP contribution is 2.26. The van der Waals surface area contributed by atoms with Gasteiger partial charge in [0.25, 0.3) is 5.56 Å². The average molecular weight is 446 g/mol. The van der Waals surface area contributed by atoms with Crippen molar-refractivity contribution in [3.63, 3.8) is 0 Å². The molecular formula is C22H27N3O3S2. The normalized spacial score (nSPS) is 12.1. The number of H-pyrrole nitrogens is 1. The summed E-state index contributed by atoms with van der Waals surface area (Å²) in [5, 5.41) is 3.37. The first-order valence-electron chi connectivity index (χ1n) is 9.93. The highest BCUT2D eigenvalue weighted by Gasteiger charge is 2.16. The fraction of sp³-hybridized carbons (Fsp3) is 0.409. The zero-order valence-corrected chi connectivity index (χ0v) is 19.3. The van der Waals surface area contributed by atoms with E-state index in [0.29, 0.717) is 30.1 Å². The average Bonchev–Trinajstić information content (AvgIpc) is 2.99. The zero-order valence-electron chi connectivity index (χ0n) is 17.7. The summed E-state index contributed by atoms with van der Waals surface area (Å²) in [6.07, 6.45) is 0.736. The van der Waals surface area contributed by atoms with Crippen molar-refractivity contribution in [1.82, 2.24) is 15.3 Å². The molecule has 2 N–H and O–H groups in total. The molecule has 0 aliphatic carbocycles. The van der Waals surface area contributed by atoms with Gasteiger partial charge in [0.1, 0.15) is 16.4 Å². The molecule has 0 aliphatic rings.